The summed E-state index contributed by atoms with van der Waals surface area (Å²) < 4.78 is 13.8. The van der Waals surface area contributed by atoms with E-state index in [0.29, 0.717) is 5.75 Å². The monoisotopic (exact) mass is 321 g/mol. The van der Waals surface area contributed by atoms with E-state index < -0.39 is 5.97 Å². The number of nitrogens with zero attached hydrogens (tertiary/aromatic N) is 2. The number of para-hydroxylation sites is 1. The van der Waals surface area contributed by atoms with Crippen LogP contribution in [0, 0.1) is 0 Å². The molecule has 2 aromatic rings. The molecule has 1 amide bonds. The highest BCUT2D eigenvalue weighted by Crippen LogP contribution is 2.18. The number of carbonyl (C=O) groups excluding carboxylic acids is 2. The largest absolute Gasteiger partial charge is 0.483 e. The smallest absolute Gasteiger partial charge is 0.377 e. The zero-order chi connectivity index (χ0) is 15.9. The molecule has 22 heavy (non-hydrogen) atoms. The lowest BCUT2D eigenvalue weighted by Crippen LogP contribution is -2.20. The van der Waals surface area contributed by atoms with Crippen LogP contribution in [0.15, 0.2) is 24.3 Å². The number of hydrogen-bond donors (Lipinski definition) is 1. The molecule has 1 aromatic heterocycles. The summed E-state index contributed by atoms with van der Waals surface area (Å²) in [5.41, 5.74) is 1.03. The van der Waals surface area contributed by atoms with E-state index in [9.17, 15) is 9.59 Å². The second kappa shape index (κ2) is 7.51. The van der Waals surface area contributed by atoms with Crippen LogP contribution in [0.4, 0.5) is 5.13 Å². The average molecular weight is 321 g/mol. The van der Waals surface area contributed by atoms with Gasteiger partial charge in [-0.2, -0.15) is 9.36 Å². The van der Waals surface area contributed by atoms with E-state index in [-0.39, 0.29) is 23.5 Å². The Morgan fingerprint density at radius 2 is 2.09 bits per heavy atom. The Morgan fingerprint density at radius 3 is 2.82 bits per heavy atom. The van der Waals surface area contributed by atoms with E-state index in [4.69, 9.17) is 4.74 Å². The highest BCUT2D eigenvalue weighted by atomic mass is 32.1. The molecule has 0 radical (unpaired) electrons. The number of methoxy groups -OCH3 is 1. The number of anilines is 1. The van der Waals surface area contributed by atoms with Gasteiger partial charge in [-0.15, -0.1) is 0 Å². The lowest BCUT2D eigenvalue weighted by Gasteiger charge is -2.09. The predicted molar refractivity (Wildman–Crippen MR) is 81.2 cm³/mol. The molecule has 116 valence electrons. The summed E-state index contributed by atoms with van der Waals surface area (Å²) in [6, 6.07) is 7.52. The summed E-state index contributed by atoms with van der Waals surface area (Å²) in [6.45, 7) is 1.86. The van der Waals surface area contributed by atoms with Crippen LogP contribution in [-0.4, -0.2) is 35.0 Å². The van der Waals surface area contributed by atoms with Gasteiger partial charge < -0.3 is 9.47 Å². The predicted octanol–water partition coefficient (Wildman–Crippen LogP) is 1.90. The van der Waals surface area contributed by atoms with E-state index in [2.05, 4.69) is 19.4 Å². The molecule has 0 fully saturated rings. The van der Waals surface area contributed by atoms with Crippen LogP contribution >= 0.6 is 11.5 Å². The molecule has 2 rings (SSSR count). The van der Waals surface area contributed by atoms with Crippen molar-refractivity contribution in [2.45, 2.75) is 13.3 Å². The summed E-state index contributed by atoms with van der Waals surface area (Å²) in [4.78, 5) is 26.9. The van der Waals surface area contributed by atoms with Gasteiger partial charge in [0.2, 0.25) is 5.13 Å². The lowest BCUT2D eigenvalue weighted by atomic mass is 10.1. The van der Waals surface area contributed by atoms with Crippen molar-refractivity contribution in [1.82, 2.24) is 9.36 Å². The normalized spacial score (nSPS) is 10.1. The van der Waals surface area contributed by atoms with E-state index in [1.165, 1.54) is 7.11 Å². The van der Waals surface area contributed by atoms with Crippen LogP contribution < -0.4 is 10.1 Å². The number of esters is 1. The fraction of sp³-hybridized carbons (Fsp3) is 0.286. The Balaban J connectivity index is 1.90. The van der Waals surface area contributed by atoms with Gasteiger partial charge in [0, 0.05) is 11.5 Å². The highest BCUT2D eigenvalue weighted by Gasteiger charge is 2.14. The summed E-state index contributed by atoms with van der Waals surface area (Å²) in [6.07, 6.45) is 0.816. The van der Waals surface area contributed by atoms with E-state index in [0.717, 1.165) is 23.5 Å². The fourth-order valence-electron chi connectivity index (χ4n) is 1.68. The summed E-state index contributed by atoms with van der Waals surface area (Å²) in [5.74, 6) is -0.434. The molecule has 7 nitrogen and oxygen atoms in total. The van der Waals surface area contributed by atoms with Crippen molar-refractivity contribution in [1.29, 1.82) is 0 Å². The minimum Gasteiger partial charge on any atom is -0.483 e. The quantitative estimate of drug-likeness (QED) is 0.817. The lowest BCUT2D eigenvalue weighted by molar-refractivity contribution is -0.118. The first-order valence-corrected chi connectivity index (χ1v) is 7.34. The van der Waals surface area contributed by atoms with Gasteiger partial charge in [-0.1, -0.05) is 25.1 Å². The Hall–Kier alpha value is -2.48. The van der Waals surface area contributed by atoms with Crippen LogP contribution in [0.1, 0.15) is 23.1 Å². The number of aryl methyl sites for hydroxylation is 1. The third kappa shape index (κ3) is 4.01. The molecule has 0 saturated carbocycles. The highest BCUT2D eigenvalue weighted by molar-refractivity contribution is 7.10. The van der Waals surface area contributed by atoms with E-state index in [1.54, 1.807) is 0 Å². The van der Waals surface area contributed by atoms with Gasteiger partial charge in [-0.25, -0.2) is 4.79 Å². The van der Waals surface area contributed by atoms with Crippen LogP contribution in [0.5, 0.6) is 5.75 Å². The third-order valence-corrected chi connectivity index (χ3v) is 3.38. The number of carbonyl (C=O) groups is 2. The van der Waals surface area contributed by atoms with Gasteiger partial charge >= 0.3 is 5.97 Å². The zero-order valence-corrected chi connectivity index (χ0v) is 13.0. The molecule has 0 unspecified atom stereocenters. The second-order valence-corrected chi connectivity index (χ2v) is 4.96. The molecular weight excluding hydrogens is 306 g/mol. The molecule has 8 heteroatoms. The molecule has 0 spiro atoms. The molecular formula is C14H15N3O4S. The number of hydrogen-bond acceptors (Lipinski definition) is 7. The standard InChI is InChI=1S/C14H15N3O4S/c1-3-9-6-4-5-7-10(9)21-8-11(18)15-14-16-12(17-22-14)13(19)20-2/h4-7H,3,8H2,1-2H3,(H,15,16,17,18). The van der Waals surface area contributed by atoms with E-state index >= 15 is 0 Å². The molecule has 0 saturated heterocycles. The number of benzene rings is 1. The molecule has 0 aliphatic carbocycles. The third-order valence-electron chi connectivity index (χ3n) is 2.75. The zero-order valence-electron chi connectivity index (χ0n) is 12.2. The van der Waals surface area contributed by atoms with E-state index in [1.807, 2.05) is 31.2 Å². The first-order valence-electron chi connectivity index (χ1n) is 6.56. The molecule has 1 N–H and O–H groups in total. The van der Waals surface area contributed by atoms with Crippen molar-refractivity contribution < 1.29 is 19.1 Å². The minimum atomic E-state index is -0.648. The van der Waals surface area contributed by atoms with Gasteiger partial charge in [0.15, 0.2) is 6.61 Å². The van der Waals surface area contributed by atoms with Gasteiger partial charge in [-0.3, -0.25) is 10.1 Å². The minimum absolute atomic E-state index is 0.0833. The Bertz CT molecular complexity index is 672. The maximum absolute atomic E-state index is 11.8. The van der Waals surface area contributed by atoms with Crippen molar-refractivity contribution in [3.63, 3.8) is 0 Å². The van der Waals surface area contributed by atoms with Crippen molar-refractivity contribution in [2.75, 3.05) is 19.0 Å². The van der Waals surface area contributed by atoms with Gasteiger partial charge in [0.1, 0.15) is 5.75 Å². The number of rotatable bonds is 6. The number of aromatic nitrogens is 2. The van der Waals surface area contributed by atoms with Crippen LogP contribution in [0.3, 0.4) is 0 Å². The summed E-state index contributed by atoms with van der Waals surface area (Å²) in [7, 11) is 1.24. The van der Waals surface area contributed by atoms with Crippen molar-refractivity contribution in [3.8, 4) is 5.75 Å². The Labute approximate surface area is 131 Å². The van der Waals surface area contributed by atoms with Crippen molar-refractivity contribution >= 4 is 28.5 Å². The summed E-state index contributed by atoms with van der Waals surface area (Å²) in [5, 5.41) is 2.74. The molecule has 1 heterocycles. The summed E-state index contributed by atoms with van der Waals surface area (Å²) >= 11 is 0.901. The number of ether oxygens (including phenoxy) is 2. The number of nitrogens with one attached hydrogen (secondary N) is 1. The van der Waals surface area contributed by atoms with Crippen molar-refractivity contribution in [2.24, 2.45) is 0 Å². The number of amides is 1. The molecule has 0 atom stereocenters. The van der Waals surface area contributed by atoms with Gasteiger partial charge in [0.05, 0.1) is 7.11 Å². The van der Waals surface area contributed by atoms with Crippen LogP contribution in [0.25, 0.3) is 0 Å². The average Bonchev–Trinajstić information content (AvgIpc) is 3.00. The van der Waals surface area contributed by atoms with Crippen LogP contribution in [0.2, 0.25) is 0 Å². The second-order valence-electron chi connectivity index (χ2n) is 4.21. The molecule has 0 aliphatic rings. The van der Waals surface area contributed by atoms with Gasteiger partial charge in [-0.05, 0) is 18.1 Å². The Kier molecular flexibility index (Phi) is 5.42. The fourth-order valence-corrected chi connectivity index (χ4v) is 2.26. The Morgan fingerprint density at radius 1 is 1.32 bits per heavy atom. The van der Waals surface area contributed by atoms with Gasteiger partial charge in [0.25, 0.3) is 11.7 Å². The van der Waals surface area contributed by atoms with Crippen molar-refractivity contribution in [3.05, 3.63) is 35.7 Å². The molecule has 0 bridgehead atoms. The topological polar surface area (TPSA) is 90.4 Å². The van der Waals surface area contributed by atoms with Crippen LogP contribution in [-0.2, 0) is 16.0 Å². The molecule has 1 aromatic carbocycles. The first kappa shape index (κ1) is 15.9. The molecule has 0 aliphatic heterocycles. The maximum Gasteiger partial charge on any atom is 0.377 e. The first-order chi connectivity index (χ1) is 10.6. The maximum atomic E-state index is 11.8. The SMILES string of the molecule is CCc1ccccc1OCC(=O)Nc1nc(C(=O)OC)ns1.